The Morgan fingerprint density at radius 1 is 0.469 bits per heavy atom. The van der Waals surface area contributed by atoms with Crippen molar-refractivity contribution in [3.05, 3.63) is 97.2 Å². The third kappa shape index (κ3) is 44.4. The van der Waals surface area contributed by atoms with Crippen molar-refractivity contribution in [2.24, 2.45) is 0 Å². The number of carboxylic acid groups (broad SMARTS) is 1. The highest BCUT2D eigenvalue weighted by Gasteiger charge is 2.19. The summed E-state index contributed by atoms with van der Waals surface area (Å²) in [6, 6.07) is -1.39. The Morgan fingerprint density at radius 3 is 1.34 bits per heavy atom. The van der Waals surface area contributed by atoms with E-state index >= 15 is 0 Å². The minimum absolute atomic E-state index is 0.0880. The number of carbonyl (C=O) groups is 4. The first-order valence-electron chi connectivity index (χ1n) is 25.1. The molecule has 0 aromatic rings. The number of hydrogen-bond acceptors (Lipinski definition) is 6. The Balaban J connectivity index is 4.34. The van der Waals surface area contributed by atoms with Gasteiger partial charge in [0, 0.05) is 12.8 Å². The minimum Gasteiger partial charge on any atom is -0.480 e. The number of aliphatic carboxylic acids is 1. The summed E-state index contributed by atoms with van der Waals surface area (Å²) in [6.07, 6.45) is 64.5. The van der Waals surface area contributed by atoms with Crippen molar-refractivity contribution in [3.8, 4) is 0 Å². The van der Waals surface area contributed by atoms with Crippen LogP contribution in [0.1, 0.15) is 200 Å². The lowest BCUT2D eigenvalue weighted by molar-refractivity contribution is -0.150. The molecule has 0 heterocycles. The van der Waals surface area contributed by atoms with E-state index in [1.807, 2.05) is 0 Å². The van der Waals surface area contributed by atoms with E-state index in [1.165, 1.54) is 57.8 Å². The maximum Gasteiger partial charge on any atom is 0.328 e. The van der Waals surface area contributed by atoms with Crippen molar-refractivity contribution in [2.45, 2.75) is 212 Å². The van der Waals surface area contributed by atoms with Gasteiger partial charge in [-0.2, -0.15) is 0 Å². The minimum atomic E-state index is -1.39. The van der Waals surface area contributed by atoms with Crippen LogP contribution in [0.25, 0.3) is 0 Å². The molecule has 2 unspecified atom stereocenters. The Morgan fingerprint density at radius 2 is 0.875 bits per heavy atom. The molecule has 9 heteroatoms. The van der Waals surface area contributed by atoms with E-state index in [4.69, 9.17) is 14.9 Å². The predicted molar refractivity (Wildman–Crippen MR) is 268 cm³/mol. The average Bonchev–Trinajstić information content (AvgIpc) is 3.28. The van der Waals surface area contributed by atoms with Crippen LogP contribution in [0.2, 0.25) is 0 Å². The number of hydrogen-bond donors (Lipinski definition) is 4. The zero-order valence-electron chi connectivity index (χ0n) is 40.2. The molecular formula is C55H90N2O7. The molecule has 0 aliphatic heterocycles. The largest absolute Gasteiger partial charge is 0.480 e. The van der Waals surface area contributed by atoms with Crippen LogP contribution in [-0.2, 0) is 23.9 Å². The molecule has 0 aromatic heterocycles. The number of rotatable bonds is 44. The third-order valence-corrected chi connectivity index (χ3v) is 10.6. The van der Waals surface area contributed by atoms with Gasteiger partial charge in [0.1, 0.15) is 12.1 Å². The fourth-order valence-corrected chi connectivity index (χ4v) is 6.82. The lowest BCUT2D eigenvalue weighted by atomic mass is 10.0. The fraction of sp³-hybridized carbons (Fsp3) is 0.636. The monoisotopic (exact) mass is 891 g/mol. The summed E-state index contributed by atoms with van der Waals surface area (Å²) in [5.74, 6) is -2.36. The van der Waals surface area contributed by atoms with Gasteiger partial charge >= 0.3 is 11.9 Å². The number of nitrogens with one attached hydrogen (secondary N) is 2. The molecule has 0 saturated carbocycles. The van der Waals surface area contributed by atoms with Crippen molar-refractivity contribution in [3.63, 3.8) is 0 Å². The first kappa shape index (κ1) is 59.8. The Hall–Kier alpha value is -4.24. The maximum absolute atomic E-state index is 12.9. The molecule has 0 fully saturated rings. The molecule has 0 rings (SSSR count). The smallest absolute Gasteiger partial charge is 0.328 e. The van der Waals surface area contributed by atoms with Gasteiger partial charge in [-0.1, -0.05) is 182 Å². The van der Waals surface area contributed by atoms with Gasteiger partial charge in [-0.3, -0.25) is 14.4 Å². The third-order valence-electron chi connectivity index (χ3n) is 10.6. The van der Waals surface area contributed by atoms with E-state index in [9.17, 15) is 19.2 Å². The second-order valence-corrected chi connectivity index (χ2v) is 16.5. The molecule has 0 radical (unpaired) electrons. The molecular weight excluding hydrogens is 801 g/mol. The molecule has 4 N–H and O–H groups in total. The van der Waals surface area contributed by atoms with Crippen LogP contribution in [-0.4, -0.2) is 59.3 Å². The summed E-state index contributed by atoms with van der Waals surface area (Å²) >= 11 is 0. The van der Waals surface area contributed by atoms with Crippen molar-refractivity contribution in [2.75, 3.05) is 13.2 Å². The standard InChI is InChI=1S/C55H90N2O7/c1-3-5-7-9-11-13-15-17-18-19-20-21-22-23-24-25-26-28-30-32-34-39-43-47-54(61)64-50(44-40-36-33-31-29-27-16-14-12-10-8-6-4-2)45-41-37-35-38-42-46-52(59)56-48-53(60)57-51(49-58)55(62)63/h5-8,11-14,17-18,20-21,27,29,33,36,50-51,58H,3-4,9-10,15-16,19,22-26,28,30-32,34-35,37-49H2,1-2H3,(H,56,59)(H,57,60)(H,62,63)/b7-5-,8-6-,13-11-,14-12-,18-17-,21-20-,29-27-,36-33-. The quantitative estimate of drug-likeness (QED) is 0.0271. The summed E-state index contributed by atoms with van der Waals surface area (Å²) in [7, 11) is 0. The van der Waals surface area contributed by atoms with Gasteiger partial charge in [-0.05, 0) is 103 Å². The van der Waals surface area contributed by atoms with Crippen LogP contribution in [0.3, 0.4) is 0 Å². The molecule has 0 spiro atoms. The highest BCUT2D eigenvalue weighted by atomic mass is 16.5. The average molecular weight is 891 g/mol. The predicted octanol–water partition coefficient (Wildman–Crippen LogP) is 13.4. The van der Waals surface area contributed by atoms with E-state index < -0.39 is 24.5 Å². The fourth-order valence-electron chi connectivity index (χ4n) is 6.82. The molecule has 0 aliphatic carbocycles. The topological polar surface area (TPSA) is 142 Å². The Bertz CT molecular complexity index is 1390. The molecule has 64 heavy (non-hydrogen) atoms. The van der Waals surface area contributed by atoms with E-state index in [-0.39, 0.29) is 30.9 Å². The van der Waals surface area contributed by atoms with Crippen LogP contribution >= 0.6 is 0 Å². The summed E-state index contributed by atoms with van der Waals surface area (Å²) in [5.41, 5.74) is 0. The summed E-state index contributed by atoms with van der Waals surface area (Å²) in [5, 5.41) is 22.6. The first-order chi connectivity index (χ1) is 31.3. The van der Waals surface area contributed by atoms with E-state index in [0.717, 1.165) is 109 Å². The lowest BCUT2D eigenvalue weighted by Crippen LogP contribution is -2.47. The van der Waals surface area contributed by atoms with Gasteiger partial charge in [0.25, 0.3) is 0 Å². The second kappa shape index (κ2) is 48.2. The van der Waals surface area contributed by atoms with Crippen molar-refractivity contribution in [1.29, 1.82) is 0 Å². The molecule has 0 bridgehead atoms. The van der Waals surface area contributed by atoms with Gasteiger partial charge in [0.2, 0.25) is 11.8 Å². The molecule has 362 valence electrons. The Kier molecular flexibility index (Phi) is 45.0. The summed E-state index contributed by atoms with van der Waals surface area (Å²) in [6.45, 7) is 3.24. The molecule has 9 nitrogen and oxygen atoms in total. The number of carboxylic acids is 1. The number of allylic oxidation sites excluding steroid dienone is 16. The number of amides is 2. The van der Waals surface area contributed by atoms with Crippen molar-refractivity contribution < 1.29 is 34.1 Å². The SMILES string of the molecule is CC/C=C\C/C=C\C/C=C\C/C=C\CCCCCCCCCCCCC(=O)OC(CC/C=C\C/C=C\C/C=C\C/C=C\CC)CCCCCCCC(=O)NCC(=O)NC(CO)C(=O)O. The maximum atomic E-state index is 12.9. The van der Waals surface area contributed by atoms with Gasteiger partial charge in [-0.15, -0.1) is 0 Å². The number of aliphatic hydroxyl groups excluding tert-OH is 1. The number of ether oxygens (including phenoxy) is 1. The zero-order chi connectivity index (χ0) is 46.8. The molecule has 0 saturated heterocycles. The summed E-state index contributed by atoms with van der Waals surface area (Å²) < 4.78 is 6.01. The van der Waals surface area contributed by atoms with Crippen LogP contribution in [0.5, 0.6) is 0 Å². The number of aliphatic hydroxyl groups is 1. The number of unbranched alkanes of at least 4 members (excludes halogenated alkanes) is 14. The van der Waals surface area contributed by atoms with E-state index in [2.05, 4.69) is 122 Å². The molecule has 0 aliphatic rings. The van der Waals surface area contributed by atoms with Crippen LogP contribution < -0.4 is 10.6 Å². The van der Waals surface area contributed by atoms with Crippen molar-refractivity contribution >= 4 is 23.8 Å². The van der Waals surface area contributed by atoms with Gasteiger partial charge in [0.15, 0.2) is 0 Å². The van der Waals surface area contributed by atoms with Gasteiger partial charge in [-0.25, -0.2) is 4.79 Å². The van der Waals surface area contributed by atoms with E-state index in [0.29, 0.717) is 12.8 Å². The number of esters is 1. The van der Waals surface area contributed by atoms with E-state index in [1.54, 1.807) is 0 Å². The van der Waals surface area contributed by atoms with Crippen LogP contribution in [0.4, 0.5) is 0 Å². The normalized spacial score (nSPS) is 13.3. The summed E-state index contributed by atoms with van der Waals surface area (Å²) in [4.78, 5) is 47.8. The first-order valence-corrected chi connectivity index (χ1v) is 25.1. The molecule has 2 amide bonds. The highest BCUT2D eigenvalue weighted by Crippen LogP contribution is 2.17. The van der Waals surface area contributed by atoms with Gasteiger partial charge < -0.3 is 25.6 Å². The Labute approximate surface area is 389 Å². The molecule has 2 atom stereocenters. The number of carbonyl (C=O) groups excluding carboxylic acids is 3. The zero-order valence-corrected chi connectivity index (χ0v) is 40.2. The second-order valence-electron chi connectivity index (χ2n) is 16.5. The van der Waals surface area contributed by atoms with Crippen LogP contribution in [0.15, 0.2) is 97.2 Å². The highest BCUT2D eigenvalue weighted by molar-refractivity contribution is 5.87. The lowest BCUT2D eigenvalue weighted by Gasteiger charge is -2.17. The van der Waals surface area contributed by atoms with Crippen molar-refractivity contribution in [1.82, 2.24) is 10.6 Å². The van der Waals surface area contributed by atoms with Crippen LogP contribution in [0, 0.1) is 0 Å². The molecule has 0 aromatic carbocycles. The van der Waals surface area contributed by atoms with Gasteiger partial charge in [0.05, 0.1) is 13.2 Å².